The molecule has 5 heteroatoms. The molecule has 1 heterocycles. The minimum atomic E-state index is -4.19. The van der Waals surface area contributed by atoms with Crippen LogP contribution in [0.15, 0.2) is 0 Å². The van der Waals surface area contributed by atoms with Gasteiger partial charge in [-0.1, -0.05) is 20.3 Å². The fraction of sp³-hybridized carbons (Fsp3) is 1.00. The molecule has 0 atom stereocenters. The summed E-state index contributed by atoms with van der Waals surface area (Å²) >= 11 is 0. The van der Waals surface area contributed by atoms with E-state index in [1.807, 2.05) is 13.8 Å². The predicted molar refractivity (Wildman–Crippen MR) is 43.6 cm³/mol. The fourth-order valence-electron chi connectivity index (χ4n) is 1.29. The van der Waals surface area contributed by atoms with Gasteiger partial charge in [0.15, 0.2) is 0 Å². The lowest BCUT2D eigenvalue weighted by atomic mass is 9.88. The molecule has 0 radical (unpaired) electrons. The van der Waals surface area contributed by atoms with Gasteiger partial charge in [0.1, 0.15) is 0 Å². The van der Waals surface area contributed by atoms with Gasteiger partial charge < -0.3 is 0 Å². The van der Waals surface area contributed by atoms with Crippen LogP contribution in [0.5, 0.6) is 0 Å². The van der Waals surface area contributed by atoms with E-state index in [1.165, 1.54) is 0 Å². The molecule has 0 spiro atoms. The molecule has 0 aliphatic carbocycles. The van der Waals surface area contributed by atoms with Crippen LogP contribution in [0.4, 0.5) is 4.20 Å². The van der Waals surface area contributed by atoms with E-state index >= 15 is 0 Å². The summed E-state index contributed by atoms with van der Waals surface area (Å²) in [6, 6.07) is 0. The molecule has 3 nitrogen and oxygen atoms in total. The summed E-state index contributed by atoms with van der Waals surface area (Å²) in [7, 11) is -4.19. The third-order valence-corrected chi connectivity index (χ3v) is 2.86. The quantitative estimate of drug-likeness (QED) is 0.637. The van der Waals surface area contributed by atoms with Crippen LogP contribution in [0.1, 0.15) is 26.7 Å². The molecular weight excluding hydrogens is 182 g/mol. The van der Waals surface area contributed by atoms with Gasteiger partial charge in [0.25, 0.3) is 0 Å². The Balaban J connectivity index is 2.49. The number of hydrogen-bond acceptors (Lipinski definition) is 3. The maximum absolute atomic E-state index is 12.6. The summed E-state index contributed by atoms with van der Waals surface area (Å²) in [5.74, 6) is 0. The monoisotopic (exact) mass is 196 g/mol. The largest absolute Gasteiger partial charge is 0.513 e. The molecule has 12 heavy (non-hydrogen) atoms. The summed E-state index contributed by atoms with van der Waals surface area (Å²) in [6.07, 6.45) is 1.88. The standard InChI is InChI=1S/C7H14FO3P/c1-3-4-7(2)5-10-12(8,9)11-6-7/h3-6H2,1-2H3. The van der Waals surface area contributed by atoms with Gasteiger partial charge in [-0.15, -0.1) is 4.20 Å². The molecule has 0 saturated carbocycles. The van der Waals surface area contributed by atoms with Crippen LogP contribution < -0.4 is 0 Å². The third-order valence-electron chi connectivity index (χ3n) is 1.99. The Labute approximate surface area is 71.9 Å². The van der Waals surface area contributed by atoms with Gasteiger partial charge in [0, 0.05) is 5.41 Å². The Morgan fingerprint density at radius 1 is 1.50 bits per heavy atom. The van der Waals surface area contributed by atoms with Gasteiger partial charge >= 0.3 is 7.91 Å². The normalized spacial score (nSPS) is 42.9. The zero-order chi connectivity index (χ0) is 9.24. The number of rotatable bonds is 2. The van der Waals surface area contributed by atoms with Crippen LogP contribution in [0, 0.1) is 5.41 Å². The van der Waals surface area contributed by atoms with Crippen molar-refractivity contribution in [3.8, 4) is 0 Å². The molecule has 0 N–H and O–H groups in total. The first-order chi connectivity index (χ1) is 5.47. The van der Waals surface area contributed by atoms with Gasteiger partial charge in [0.05, 0.1) is 13.2 Å². The Hall–Kier alpha value is 0.0800. The maximum Gasteiger partial charge on any atom is 0.513 e. The smallest absolute Gasteiger partial charge is 0.283 e. The second kappa shape index (κ2) is 3.44. The first-order valence-corrected chi connectivity index (χ1v) is 5.50. The Morgan fingerprint density at radius 3 is 2.42 bits per heavy atom. The predicted octanol–water partition coefficient (Wildman–Crippen LogP) is 2.92. The van der Waals surface area contributed by atoms with Crippen LogP contribution in [-0.2, 0) is 13.6 Å². The average molecular weight is 196 g/mol. The van der Waals surface area contributed by atoms with E-state index < -0.39 is 7.91 Å². The molecule has 1 fully saturated rings. The first kappa shape index (κ1) is 10.2. The van der Waals surface area contributed by atoms with Crippen molar-refractivity contribution in [1.82, 2.24) is 0 Å². The summed E-state index contributed by atoms with van der Waals surface area (Å²) in [5, 5.41) is 0. The minimum Gasteiger partial charge on any atom is -0.283 e. The molecule has 1 aliphatic heterocycles. The van der Waals surface area contributed by atoms with Crippen molar-refractivity contribution in [2.75, 3.05) is 13.2 Å². The summed E-state index contributed by atoms with van der Waals surface area (Å²) < 4.78 is 32.2. The van der Waals surface area contributed by atoms with Crippen LogP contribution in [0.3, 0.4) is 0 Å². The number of hydrogen-bond donors (Lipinski definition) is 0. The Bertz CT molecular complexity index is 195. The summed E-state index contributed by atoms with van der Waals surface area (Å²) in [6.45, 7) is 4.35. The maximum atomic E-state index is 12.6. The number of halogens is 1. The van der Waals surface area contributed by atoms with Crippen molar-refractivity contribution in [3.05, 3.63) is 0 Å². The Kier molecular flexibility index (Phi) is 2.92. The van der Waals surface area contributed by atoms with Gasteiger partial charge in [-0.05, 0) is 6.42 Å². The van der Waals surface area contributed by atoms with Crippen molar-refractivity contribution in [1.29, 1.82) is 0 Å². The lowest BCUT2D eigenvalue weighted by molar-refractivity contribution is 0.00976. The molecular formula is C7H14FO3P. The van der Waals surface area contributed by atoms with Crippen LogP contribution in [-0.4, -0.2) is 13.2 Å². The second-order valence-corrected chi connectivity index (χ2v) is 4.92. The van der Waals surface area contributed by atoms with Crippen molar-refractivity contribution >= 4 is 7.91 Å². The van der Waals surface area contributed by atoms with Crippen molar-refractivity contribution in [2.24, 2.45) is 5.41 Å². The zero-order valence-electron chi connectivity index (χ0n) is 7.38. The van der Waals surface area contributed by atoms with Crippen LogP contribution >= 0.6 is 7.91 Å². The van der Waals surface area contributed by atoms with E-state index in [0.717, 1.165) is 12.8 Å². The average Bonchev–Trinajstić information content (AvgIpc) is 1.98. The minimum absolute atomic E-state index is 0.172. The molecule has 1 aliphatic rings. The molecule has 0 amide bonds. The van der Waals surface area contributed by atoms with E-state index in [9.17, 15) is 8.76 Å². The molecule has 0 bridgehead atoms. The molecule has 72 valence electrons. The molecule has 1 rings (SSSR count). The molecule has 0 unspecified atom stereocenters. The lowest BCUT2D eigenvalue weighted by Gasteiger charge is -2.33. The highest BCUT2D eigenvalue weighted by atomic mass is 31.2. The summed E-state index contributed by atoms with van der Waals surface area (Å²) in [4.78, 5) is 0. The zero-order valence-corrected chi connectivity index (χ0v) is 8.27. The van der Waals surface area contributed by atoms with E-state index in [0.29, 0.717) is 0 Å². The van der Waals surface area contributed by atoms with Crippen molar-refractivity contribution in [3.63, 3.8) is 0 Å². The van der Waals surface area contributed by atoms with Crippen LogP contribution in [0.2, 0.25) is 0 Å². The van der Waals surface area contributed by atoms with E-state index in [1.54, 1.807) is 0 Å². The lowest BCUT2D eigenvalue weighted by Crippen LogP contribution is -2.31. The van der Waals surface area contributed by atoms with E-state index in [4.69, 9.17) is 0 Å². The van der Waals surface area contributed by atoms with Gasteiger partial charge in [-0.2, -0.15) is 0 Å². The van der Waals surface area contributed by atoms with E-state index in [-0.39, 0.29) is 18.6 Å². The highest BCUT2D eigenvalue weighted by Crippen LogP contribution is 2.55. The Morgan fingerprint density at radius 2 is 2.00 bits per heavy atom. The van der Waals surface area contributed by atoms with E-state index in [2.05, 4.69) is 9.05 Å². The highest BCUT2D eigenvalue weighted by molar-refractivity contribution is 7.48. The van der Waals surface area contributed by atoms with Crippen molar-refractivity contribution in [2.45, 2.75) is 26.7 Å². The molecule has 0 aromatic rings. The van der Waals surface area contributed by atoms with Crippen molar-refractivity contribution < 1.29 is 17.8 Å². The van der Waals surface area contributed by atoms with Gasteiger partial charge in [0.2, 0.25) is 0 Å². The van der Waals surface area contributed by atoms with Gasteiger partial charge in [-0.25, -0.2) is 4.57 Å². The van der Waals surface area contributed by atoms with Gasteiger partial charge in [-0.3, -0.25) is 9.05 Å². The third kappa shape index (κ3) is 2.54. The van der Waals surface area contributed by atoms with Crippen LogP contribution in [0.25, 0.3) is 0 Å². The summed E-state index contributed by atoms with van der Waals surface area (Å²) in [5.41, 5.74) is -0.172. The highest BCUT2D eigenvalue weighted by Gasteiger charge is 2.38. The topological polar surface area (TPSA) is 35.5 Å². The SMILES string of the molecule is CCCC1(C)COP(=O)(F)OC1. The first-order valence-electron chi connectivity index (χ1n) is 4.06. The molecule has 0 aromatic carbocycles. The second-order valence-electron chi connectivity index (χ2n) is 3.54. The molecule has 1 saturated heterocycles. The molecule has 0 aromatic heterocycles. The fourth-order valence-corrected chi connectivity index (χ4v) is 2.30.